The Hall–Kier alpha value is -2.73. The third-order valence-electron chi connectivity index (χ3n) is 3.00. The summed E-state index contributed by atoms with van der Waals surface area (Å²) in [7, 11) is 0. The van der Waals surface area contributed by atoms with E-state index >= 15 is 0 Å². The van der Waals surface area contributed by atoms with Crippen LogP contribution in [0, 0.1) is 11.3 Å². The van der Waals surface area contributed by atoms with Crippen molar-refractivity contribution in [1.82, 2.24) is 9.97 Å². The van der Waals surface area contributed by atoms with Crippen LogP contribution >= 0.6 is 0 Å². The maximum Gasteiger partial charge on any atom is 0.0896 e. The van der Waals surface area contributed by atoms with Gasteiger partial charge in [-0.2, -0.15) is 5.26 Å². The Balaban J connectivity index is 2.25. The molecule has 3 nitrogen and oxygen atoms in total. The number of nitrogens with zero attached hydrogens (tertiary/aromatic N) is 3. The lowest BCUT2D eigenvalue weighted by atomic mass is 10.0. The average Bonchev–Trinajstić information content (AvgIpc) is 2.48. The predicted octanol–water partition coefficient (Wildman–Crippen LogP) is 3.36. The Kier molecular flexibility index (Phi) is 2.91. The van der Waals surface area contributed by atoms with E-state index in [1.807, 2.05) is 48.5 Å². The van der Waals surface area contributed by atoms with Crippen LogP contribution in [0.15, 0.2) is 54.7 Å². The lowest BCUT2D eigenvalue weighted by Gasteiger charge is -2.06. The van der Waals surface area contributed by atoms with Gasteiger partial charge in [-0.05, 0) is 29.8 Å². The molecule has 0 saturated carbocycles. The number of hydrogen-bond donors (Lipinski definition) is 0. The first kappa shape index (κ1) is 11.4. The van der Waals surface area contributed by atoms with Crippen molar-refractivity contribution in [3.05, 3.63) is 60.3 Å². The lowest BCUT2D eigenvalue weighted by Crippen LogP contribution is -1.93. The molecule has 0 spiro atoms. The molecule has 0 saturated heterocycles. The normalized spacial score (nSPS) is 10.3. The zero-order valence-electron chi connectivity index (χ0n) is 10.2. The van der Waals surface area contributed by atoms with Gasteiger partial charge in [0.2, 0.25) is 0 Å². The second-order valence-corrected chi connectivity index (χ2v) is 4.23. The Morgan fingerprint density at radius 3 is 2.63 bits per heavy atom. The van der Waals surface area contributed by atoms with Gasteiger partial charge in [0.25, 0.3) is 0 Å². The maximum absolute atomic E-state index is 8.95. The van der Waals surface area contributed by atoms with E-state index in [-0.39, 0.29) is 0 Å². The molecule has 19 heavy (non-hydrogen) atoms. The van der Waals surface area contributed by atoms with Gasteiger partial charge in [-0.1, -0.05) is 24.3 Å². The molecule has 0 aliphatic carbocycles. The monoisotopic (exact) mass is 245 g/mol. The molecule has 0 radical (unpaired) electrons. The van der Waals surface area contributed by atoms with E-state index in [0.717, 1.165) is 27.9 Å². The molecule has 90 valence electrons. The minimum atomic E-state index is 0.378. The number of benzene rings is 1. The van der Waals surface area contributed by atoms with Crippen LogP contribution < -0.4 is 0 Å². The highest BCUT2D eigenvalue weighted by molar-refractivity contribution is 5.85. The van der Waals surface area contributed by atoms with E-state index in [1.54, 1.807) is 6.20 Å². The summed E-state index contributed by atoms with van der Waals surface area (Å²) in [5.41, 5.74) is 3.53. The zero-order valence-corrected chi connectivity index (χ0v) is 10.2. The van der Waals surface area contributed by atoms with Gasteiger partial charge in [0, 0.05) is 11.6 Å². The number of aromatic nitrogens is 2. The molecule has 0 aliphatic heterocycles. The maximum atomic E-state index is 8.95. The van der Waals surface area contributed by atoms with Gasteiger partial charge < -0.3 is 0 Å². The lowest BCUT2D eigenvalue weighted by molar-refractivity contribution is 1.23. The molecule has 3 heteroatoms. The van der Waals surface area contributed by atoms with Crippen LogP contribution in [0.3, 0.4) is 0 Å². The van der Waals surface area contributed by atoms with E-state index < -0.39 is 0 Å². The molecular weight excluding hydrogens is 234 g/mol. The summed E-state index contributed by atoms with van der Waals surface area (Å²) >= 11 is 0. The largest absolute Gasteiger partial charge is 0.255 e. The molecule has 0 amide bonds. The van der Waals surface area contributed by atoms with Crippen molar-refractivity contribution in [2.45, 2.75) is 6.42 Å². The van der Waals surface area contributed by atoms with Crippen molar-refractivity contribution in [2.24, 2.45) is 0 Å². The minimum Gasteiger partial charge on any atom is -0.255 e. The molecule has 3 rings (SSSR count). The summed E-state index contributed by atoms with van der Waals surface area (Å²) in [6.07, 6.45) is 2.12. The van der Waals surface area contributed by atoms with Crippen LogP contribution in [0.4, 0.5) is 0 Å². The molecule has 1 aromatic carbocycles. The van der Waals surface area contributed by atoms with E-state index in [4.69, 9.17) is 5.26 Å². The Labute approximate surface area is 111 Å². The second-order valence-electron chi connectivity index (χ2n) is 4.23. The number of nitriles is 1. The molecule has 0 atom stereocenters. The predicted molar refractivity (Wildman–Crippen MR) is 74.3 cm³/mol. The van der Waals surface area contributed by atoms with Crippen LogP contribution in [0.2, 0.25) is 0 Å². The van der Waals surface area contributed by atoms with Crippen LogP contribution in [0.25, 0.3) is 22.3 Å². The van der Waals surface area contributed by atoms with Crippen molar-refractivity contribution in [3.8, 4) is 17.5 Å². The summed E-state index contributed by atoms with van der Waals surface area (Å²) in [4.78, 5) is 8.93. The first-order chi connectivity index (χ1) is 9.38. The highest BCUT2D eigenvalue weighted by Gasteiger charge is 2.07. The van der Waals surface area contributed by atoms with Crippen molar-refractivity contribution < 1.29 is 0 Å². The van der Waals surface area contributed by atoms with Gasteiger partial charge >= 0.3 is 0 Å². The molecule has 2 heterocycles. The zero-order chi connectivity index (χ0) is 13.1. The molecule has 3 aromatic rings. The Morgan fingerprint density at radius 1 is 1.00 bits per heavy atom. The van der Waals surface area contributed by atoms with Crippen molar-refractivity contribution in [1.29, 1.82) is 5.26 Å². The van der Waals surface area contributed by atoms with Gasteiger partial charge in [-0.3, -0.25) is 4.98 Å². The van der Waals surface area contributed by atoms with Crippen molar-refractivity contribution in [2.75, 3.05) is 0 Å². The van der Waals surface area contributed by atoms with Crippen LogP contribution in [0.5, 0.6) is 0 Å². The molecule has 0 N–H and O–H groups in total. The van der Waals surface area contributed by atoms with E-state index in [9.17, 15) is 0 Å². The van der Waals surface area contributed by atoms with Gasteiger partial charge in [-0.25, -0.2) is 4.98 Å². The van der Waals surface area contributed by atoms with Gasteiger partial charge in [-0.15, -0.1) is 0 Å². The summed E-state index contributed by atoms with van der Waals surface area (Å²) in [5.74, 6) is 0. The molecular formula is C16H11N3. The number of pyridine rings is 2. The molecule has 0 bridgehead atoms. The Morgan fingerprint density at radius 2 is 1.84 bits per heavy atom. The van der Waals surface area contributed by atoms with E-state index in [0.29, 0.717) is 6.42 Å². The summed E-state index contributed by atoms with van der Waals surface area (Å²) < 4.78 is 0. The number of hydrogen-bond acceptors (Lipinski definition) is 3. The molecule has 0 aliphatic rings. The fourth-order valence-electron chi connectivity index (χ4n) is 2.12. The summed E-state index contributed by atoms with van der Waals surface area (Å²) in [5, 5.41) is 9.99. The second kappa shape index (κ2) is 4.87. The minimum absolute atomic E-state index is 0.378. The first-order valence-electron chi connectivity index (χ1n) is 6.05. The molecule has 0 fully saturated rings. The fourth-order valence-corrected chi connectivity index (χ4v) is 2.12. The summed E-state index contributed by atoms with van der Waals surface area (Å²) in [6.45, 7) is 0. The van der Waals surface area contributed by atoms with E-state index in [2.05, 4.69) is 16.0 Å². The Bertz CT molecular complexity index is 758. The number of fused-ring (bicyclic) bond motifs is 1. The highest BCUT2D eigenvalue weighted by atomic mass is 14.8. The van der Waals surface area contributed by atoms with Gasteiger partial charge in [0.15, 0.2) is 0 Å². The van der Waals surface area contributed by atoms with E-state index in [1.165, 1.54) is 0 Å². The smallest absolute Gasteiger partial charge is 0.0896 e. The third kappa shape index (κ3) is 2.16. The van der Waals surface area contributed by atoms with Gasteiger partial charge in [0.05, 0.1) is 29.4 Å². The molecule has 2 aromatic heterocycles. The van der Waals surface area contributed by atoms with Crippen molar-refractivity contribution >= 4 is 10.9 Å². The number of para-hydroxylation sites is 1. The number of rotatable bonds is 2. The average molecular weight is 245 g/mol. The van der Waals surface area contributed by atoms with Crippen LogP contribution in [-0.4, -0.2) is 9.97 Å². The quantitative estimate of drug-likeness (QED) is 0.695. The topological polar surface area (TPSA) is 49.6 Å². The summed E-state index contributed by atoms with van der Waals surface area (Å²) in [6, 6.07) is 17.8. The SMILES string of the molecule is N#CCc1cc(-c2ccccn2)nc2ccccc12. The highest BCUT2D eigenvalue weighted by Crippen LogP contribution is 2.23. The standard InChI is InChI=1S/C16H11N3/c17-9-8-12-11-16(15-7-3-4-10-18-15)19-14-6-2-1-5-13(12)14/h1-7,10-11H,8H2. The van der Waals surface area contributed by atoms with Gasteiger partial charge in [0.1, 0.15) is 0 Å². The molecule has 0 unspecified atom stereocenters. The first-order valence-corrected chi connectivity index (χ1v) is 6.05. The third-order valence-corrected chi connectivity index (χ3v) is 3.00. The van der Waals surface area contributed by atoms with Crippen LogP contribution in [0.1, 0.15) is 5.56 Å². The van der Waals surface area contributed by atoms with Crippen molar-refractivity contribution in [3.63, 3.8) is 0 Å². The van der Waals surface area contributed by atoms with Crippen LogP contribution in [-0.2, 0) is 6.42 Å². The fraction of sp³-hybridized carbons (Fsp3) is 0.0625.